The van der Waals surface area contributed by atoms with Crippen molar-refractivity contribution >= 4 is 11.5 Å². The van der Waals surface area contributed by atoms with Crippen LogP contribution in [0.1, 0.15) is 37.8 Å². The molecule has 0 aliphatic carbocycles. The Labute approximate surface area is 96.6 Å². The topological polar surface area (TPSA) is 37.3 Å². The number of aryl methyl sites for hydroxylation is 1. The van der Waals surface area contributed by atoms with E-state index in [4.69, 9.17) is 5.11 Å². The Bertz CT molecular complexity index is 374. The van der Waals surface area contributed by atoms with Crippen molar-refractivity contribution in [2.45, 2.75) is 33.1 Å². The summed E-state index contributed by atoms with van der Waals surface area (Å²) in [4.78, 5) is 10.5. The van der Waals surface area contributed by atoms with E-state index >= 15 is 0 Å². The first-order valence-electron chi connectivity index (χ1n) is 5.64. The maximum absolute atomic E-state index is 10.5. The fraction of sp³-hybridized carbons (Fsp3) is 0.357. The number of benzene rings is 1. The third-order valence-electron chi connectivity index (χ3n) is 2.57. The Morgan fingerprint density at radius 2 is 1.94 bits per heavy atom. The van der Waals surface area contributed by atoms with Gasteiger partial charge < -0.3 is 5.11 Å². The van der Waals surface area contributed by atoms with Crippen LogP contribution in [0.2, 0.25) is 0 Å². The monoisotopic (exact) mass is 218 g/mol. The number of carboxylic acids is 1. The van der Waals surface area contributed by atoms with Gasteiger partial charge in [0.15, 0.2) is 0 Å². The number of carbonyl (C=O) groups is 1. The summed E-state index contributed by atoms with van der Waals surface area (Å²) in [7, 11) is 0. The second-order valence-corrected chi connectivity index (χ2v) is 3.97. The zero-order chi connectivity index (χ0) is 12.0. The predicted molar refractivity (Wildman–Crippen MR) is 66.3 cm³/mol. The van der Waals surface area contributed by atoms with Crippen molar-refractivity contribution < 1.29 is 9.90 Å². The highest BCUT2D eigenvalue weighted by Crippen LogP contribution is 2.15. The summed E-state index contributed by atoms with van der Waals surface area (Å²) >= 11 is 0. The summed E-state index contributed by atoms with van der Waals surface area (Å²) in [6.07, 6.45) is 4.72. The molecule has 0 unspecified atom stereocenters. The summed E-state index contributed by atoms with van der Waals surface area (Å²) in [6, 6.07) is 8.12. The van der Waals surface area contributed by atoms with Gasteiger partial charge in [-0.05, 0) is 36.5 Å². The minimum absolute atomic E-state index is 0.787. The molecule has 1 N–H and O–H groups in total. The zero-order valence-corrected chi connectivity index (χ0v) is 9.86. The molecule has 0 heterocycles. The number of aliphatic carboxylic acids is 1. The highest BCUT2D eigenvalue weighted by atomic mass is 16.4. The maximum Gasteiger partial charge on any atom is 0.328 e. The molecule has 16 heavy (non-hydrogen) atoms. The average molecular weight is 218 g/mol. The zero-order valence-electron chi connectivity index (χ0n) is 9.86. The van der Waals surface area contributed by atoms with Crippen molar-refractivity contribution in [1.29, 1.82) is 0 Å². The van der Waals surface area contributed by atoms with Crippen LogP contribution in [0.3, 0.4) is 0 Å². The quantitative estimate of drug-likeness (QED) is 0.768. The number of unbranched alkanes of at least 4 members (excludes halogenated alkanes) is 1. The maximum atomic E-state index is 10.5. The molecule has 1 aromatic rings. The van der Waals surface area contributed by atoms with Gasteiger partial charge in [-0.15, -0.1) is 0 Å². The highest BCUT2D eigenvalue weighted by molar-refractivity contribution is 5.89. The van der Waals surface area contributed by atoms with Gasteiger partial charge >= 0.3 is 5.97 Å². The Balaban J connectivity index is 2.74. The minimum atomic E-state index is -0.896. The third-order valence-corrected chi connectivity index (χ3v) is 2.57. The third kappa shape index (κ3) is 3.89. The van der Waals surface area contributed by atoms with Crippen LogP contribution in [0.5, 0.6) is 0 Å². The molecule has 0 fully saturated rings. The first-order valence-corrected chi connectivity index (χ1v) is 5.64. The van der Waals surface area contributed by atoms with Crippen molar-refractivity contribution in [3.63, 3.8) is 0 Å². The van der Waals surface area contributed by atoms with Crippen LogP contribution >= 0.6 is 0 Å². The van der Waals surface area contributed by atoms with E-state index in [9.17, 15) is 4.79 Å². The van der Waals surface area contributed by atoms with Crippen molar-refractivity contribution in [3.05, 3.63) is 41.5 Å². The summed E-state index contributed by atoms with van der Waals surface area (Å²) < 4.78 is 0. The van der Waals surface area contributed by atoms with Crippen LogP contribution in [-0.2, 0) is 11.2 Å². The SMILES string of the molecule is CCCCc1ccc(C(C)=CC(=O)O)cc1. The van der Waals surface area contributed by atoms with Gasteiger partial charge in [-0.2, -0.15) is 0 Å². The number of rotatable bonds is 5. The van der Waals surface area contributed by atoms with Crippen LogP contribution in [0.25, 0.3) is 5.57 Å². The molecular weight excluding hydrogens is 200 g/mol. The van der Waals surface area contributed by atoms with Crippen LogP contribution in [0, 0.1) is 0 Å². The molecule has 0 saturated carbocycles. The molecular formula is C14H18O2. The Hall–Kier alpha value is -1.57. The molecule has 1 rings (SSSR count). The molecule has 2 nitrogen and oxygen atoms in total. The molecule has 86 valence electrons. The van der Waals surface area contributed by atoms with Gasteiger partial charge in [-0.3, -0.25) is 0 Å². The molecule has 0 radical (unpaired) electrons. The predicted octanol–water partition coefficient (Wildman–Crippen LogP) is 3.52. The molecule has 2 heteroatoms. The van der Waals surface area contributed by atoms with Gasteiger partial charge in [-0.1, -0.05) is 37.6 Å². The van der Waals surface area contributed by atoms with E-state index in [0.717, 1.165) is 17.6 Å². The molecule has 0 atom stereocenters. The largest absolute Gasteiger partial charge is 0.478 e. The molecule has 0 saturated heterocycles. The number of hydrogen-bond acceptors (Lipinski definition) is 1. The van der Waals surface area contributed by atoms with E-state index in [1.54, 1.807) is 0 Å². The lowest BCUT2D eigenvalue weighted by Crippen LogP contribution is -1.91. The molecule has 0 amide bonds. The summed E-state index contributed by atoms with van der Waals surface area (Å²) in [5, 5.41) is 8.64. The summed E-state index contributed by atoms with van der Waals surface area (Å²) in [5.74, 6) is -0.896. The average Bonchev–Trinajstić information content (AvgIpc) is 2.26. The van der Waals surface area contributed by atoms with Crippen molar-refractivity contribution in [3.8, 4) is 0 Å². The first-order chi connectivity index (χ1) is 7.63. The Morgan fingerprint density at radius 1 is 1.31 bits per heavy atom. The fourth-order valence-corrected chi connectivity index (χ4v) is 1.58. The smallest absolute Gasteiger partial charge is 0.328 e. The standard InChI is InChI=1S/C14H18O2/c1-3-4-5-12-6-8-13(9-7-12)11(2)10-14(15)16/h6-10H,3-5H2,1-2H3,(H,15,16). The van der Waals surface area contributed by atoms with E-state index in [2.05, 4.69) is 19.1 Å². The van der Waals surface area contributed by atoms with E-state index < -0.39 is 5.97 Å². The van der Waals surface area contributed by atoms with E-state index in [1.807, 2.05) is 19.1 Å². The van der Waals surface area contributed by atoms with Gasteiger partial charge in [0.25, 0.3) is 0 Å². The molecule has 0 aliphatic heterocycles. The second-order valence-electron chi connectivity index (χ2n) is 3.97. The van der Waals surface area contributed by atoms with E-state index in [0.29, 0.717) is 0 Å². The van der Waals surface area contributed by atoms with Crippen LogP contribution < -0.4 is 0 Å². The van der Waals surface area contributed by atoms with Gasteiger partial charge in [-0.25, -0.2) is 4.79 Å². The van der Waals surface area contributed by atoms with E-state index in [1.165, 1.54) is 24.5 Å². The lowest BCUT2D eigenvalue weighted by atomic mass is 10.0. The highest BCUT2D eigenvalue weighted by Gasteiger charge is 1.99. The lowest BCUT2D eigenvalue weighted by molar-refractivity contribution is -0.131. The Morgan fingerprint density at radius 3 is 2.44 bits per heavy atom. The number of allylic oxidation sites excluding steroid dienone is 1. The summed E-state index contributed by atoms with van der Waals surface area (Å²) in [5.41, 5.74) is 3.07. The fourth-order valence-electron chi connectivity index (χ4n) is 1.58. The Kier molecular flexibility index (Phi) is 4.77. The number of hydrogen-bond donors (Lipinski definition) is 1. The normalized spacial score (nSPS) is 11.5. The lowest BCUT2D eigenvalue weighted by Gasteiger charge is -2.03. The molecule has 0 aromatic heterocycles. The van der Waals surface area contributed by atoms with Crippen LogP contribution in [0.4, 0.5) is 0 Å². The molecule has 0 aliphatic rings. The second kappa shape index (κ2) is 6.11. The minimum Gasteiger partial charge on any atom is -0.478 e. The van der Waals surface area contributed by atoms with Gasteiger partial charge in [0.1, 0.15) is 0 Å². The summed E-state index contributed by atoms with van der Waals surface area (Å²) in [6.45, 7) is 3.99. The van der Waals surface area contributed by atoms with Crippen molar-refractivity contribution in [1.82, 2.24) is 0 Å². The van der Waals surface area contributed by atoms with Crippen LogP contribution in [0.15, 0.2) is 30.3 Å². The van der Waals surface area contributed by atoms with Gasteiger partial charge in [0.05, 0.1) is 0 Å². The van der Waals surface area contributed by atoms with Crippen LogP contribution in [-0.4, -0.2) is 11.1 Å². The van der Waals surface area contributed by atoms with E-state index in [-0.39, 0.29) is 0 Å². The van der Waals surface area contributed by atoms with Gasteiger partial charge in [0.2, 0.25) is 0 Å². The number of carboxylic acid groups (broad SMARTS) is 1. The molecule has 0 spiro atoms. The molecule has 1 aromatic carbocycles. The van der Waals surface area contributed by atoms with Crippen molar-refractivity contribution in [2.75, 3.05) is 0 Å². The van der Waals surface area contributed by atoms with Crippen molar-refractivity contribution in [2.24, 2.45) is 0 Å². The molecule has 0 bridgehead atoms. The first kappa shape index (κ1) is 12.5. The van der Waals surface area contributed by atoms with Gasteiger partial charge in [0, 0.05) is 6.08 Å².